The summed E-state index contributed by atoms with van der Waals surface area (Å²) in [5.41, 5.74) is 2.15. The zero-order chi connectivity index (χ0) is 13.8. The van der Waals surface area contributed by atoms with E-state index in [1.54, 1.807) is 13.2 Å². The second-order valence-electron chi connectivity index (χ2n) is 4.31. The van der Waals surface area contributed by atoms with Crippen LogP contribution in [0.4, 0.5) is 5.69 Å². The number of halogens is 1. The summed E-state index contributed by atoms with van der Waals surface area (Å²) in [6, 6.07) is 13.4. The third kappa shape index (κ3) is 3.20. The van der Waals surface area contributed by atoms with Crippen LogP contribution in [0.3, 0.4) is 0 Å². The normalized spacial score (nSPS) is 10.3. The van der Waals surface area contributed by atoms with Gasteiger partial charge in [0.1, 0.15) is 11.5 Å². The predicted octanol–water partition coefficient (Wildman–Crippen LogP) is 3.80. The predicted molar refractivity (Wildman–Crippen MR) is 80.9 cm³/mol. The molecule has 0 amide bonds. The van der Waals surface area contributed by atoms with Crippen LogP contribution < -0.4 is 9.64 Å². The van der Waals surface area contributed by atoms with Crippen LogP contribution >= 0.6 is 15.9 Å². The van der Waals surface area contributed by atoms with E-state index in [9.17, 15) is 5.11 Å². The molecule has 0 aliphatic carbocycles. The first-order valence-electron chi connectivity index (χ1n) is 5.93. The lowest BCUT2D eigenvalue weighted by Crippen LogP contribution is -2.17. The molecule has 2 aromatic rings. The summed E-state index contributed by atoms with van der Waals surface area (Å²) in [4.78, 5) is 2.11. The zero-order valence-electron chi connectivity index (χ0n) is 10.9. The molecule has 0 saturated heterocycles. The fourth-order valence-corrected chi connectivity index (χ4v) is 2.38. The molecule has 0 spiro atoms. The molecule has 0 radical (unpaired) electrons. The molecule has 0 atom stereocenters. The summed E-state index contributed by atoms with van der Waals surface area (Å²) in [6.45, 7) is 0.735. The van der Waals surface area contributed by atoms with Crippen molar-refractivity contribution >= 4 is 21.6 Å². The highest BCUT2D eigenvalue weighted by atomic mass is 79.9. The van der Waals surface area contributed by atoms with Gasteiger partial charge in [-0.25, -0.2) is 0 Å². The molecule has 0 heterocycles. The summed E-state index contributed by atoms with van der Waals surface area (Å²) in [5.74, 6) is 1.10. The van der Waals surface area contributed by atoms with E-state index >= 15 is 0 Å². The Labute approximate surface area is 121 Å². The fraction of sp³-hybridized carbons (Fsp3) is 0.200. The minimum atomic E-state index is 0.253. The van der Waals surface area contributed by atoms with Gasteiger partial charge in [0, 0.05) is 13.6 Å². The van der Waals surface area contributed by atoms with E-state index in [1.807, 2.05) is 43.4 Å². The number of rotatable bonds is 4. The largest absolute Gasteiger partial charge is 0.507 e. The van der Waals surface area contributed by atoms with Gasteiger partial charge in [-0.05, 0) is 45.8 Å². The van der Waals surface area contributed by atoms with Crippen molar-refractivity contribution in [3.8, 4) is 11.5 Å². The molecule has 2 rings (SSSR count). The molecule has 4 heteroatoms. The van der Waals surface area contributed by atoms with Gasteiger partial charge in [0.05, 0.1) is 17.3 Å². The molecule has 0 aromatic heterocycles. The molecule has 19 heavy (non-hydrogen) atoms. The number of benzene rings is 2. The van der Waals surface area contributed by atoms with Gasteiger partial charge in [0.15, 0.2) is 0 Å². The first-order valence-corrected chi connectivity index (χ1v) is 6.72. The van der Waals surface area contributed by atoms with Gasteiger partial charge in [-0.1, -0.05) is 18.2 Å². The van der Waals surface area contributed by atoms with Crippen molar-refractivity contribution in [3.05, 3.63) is 52.5 Å². The first-order chi connectivity index (χ1) is 9.11. The average Bonchev–Trinajstić information content (AvgIpc) is 2.43. The summed E-state index contributed by atoms with van der Waals surface area (Å²) in [7, 11) is 3.68. The Hall–Kier alpha value is -1.68. The van der Waals surface area contributed by atoms with Crippen LogP contribution in [0.5, 0.6) is 11.5 Å². The van der Waals surface area contributed by atoms with Crippen LogP contribution in [0.2, 0.25) is 0 Å². The number of phenols is 1. The molecule has 0 bridgehead atoms. The average molecular weight is 322 g/mol. The summed E-state index contributed by atoms with van der Waals surface area (Å²) in [6.07, 6.45) is 0. The van der Waals surface area contributed by atoms with Crippen LogP contribution in [0, 0.1) is 0 Å². The molecule has 0 saturated carbocycles. The summed E-state index contributed by atoms with van der Waals surface area (Å²) in [5, 5.41) is 9.50. The maximum absolute atomic E-state index is 9.50. The van der Waals surface area contributed by atoms with Crippen molar-refractivity contribution < 1.29 is 9.84 Å². The Kier molecular flexibility index (Phi) is 4.32. The van der Waals surface area contributed by atoms with E-state index in [0.717, 1.165) is 23.5 Å². The van der Waals surface area contributed by atoms with Gasteiger partial charge >= 0.3 is 0 Å². The third-order valence-electron chi connectivity index (χ3n) is 2.93. The Bertz CT molecular complexity index is 572. The van der Waals surface area contributed by atoms with Crippen molar-refractivity contribution in [1.82, 2.24) is 0 Å². The van der Waals surface area contributed by atoms with Crippen LogP contribution in [0.25, 0.3) is 0 Å². The SMILES string of the molecule is COc1ccccc1N(C)Cc1ccc(O)c(Br)c1. The number of aromatic hydroxyl groups is 1. The third-order valence-corrected chi connectivity index (χ3v) is 3.56. The standard InChI is InChI=1S/C15H16BrNO2/c1-17(13-5-3-4-6-15(13)19-2)10-11-7-8-14(18)12(16)9-11/h3-9,18H,10H2,1-2H3. The highest BCUT2D eigenvalue weighted by Crippen LogP contribution is 2.29. The smallest absolute Gasteiger partial charge is 0.142 e. The zero-order valence-corrected chi connectivity index (χ0v) is 12.5. The molecule has 2 aromatic carbocycles. The number of methoxy groups -OCH3 is 1. The molecule has 0 fully saturated rings. The second kappa shape index (κ2) is 5.97. The maximum atomic E-state index is 9.50. The van der Waals surface area contributed by atoms with E-state index in [-0.39, 0.29) is 5.75 Å². The quantitative estimate of drug-likeness (QED) is 0.929. The van der Waals surface area contributed by atoms with Gasteiger partial charge in [-0.15, -0.1) is 0 Å². The number of anilines is 1. The van der Waals surface area contributed by atoms with E-state index in [4.69, 9.17) is 4.74 Å². The minimum Gasteiger partial charge on any atom is -0.507 e. The number of phenolic OH excluding ortho intramolecular Hbond substituents is 1. The molecule has 1 N–H and O–H groups in total. The van der Waals surface area contributed by atoms with Gasteiger partial charge < -0.3 is 14.7 Å². The monoisotopic (exact) mass is 321 g/mol. The summed E-state index contributed by atoms with van der Waals surface area (Å²) >= 11 is 3.33. The van der Waals surface area contributed by atoms with Crippen molar-refractivity contribution in [3.63, 3.8) is 0 Å². The number of nitrogens with zero attached hydrogens (tertiary/aromatic N) is 1. The number of hydrogen-bond acceptors (Lipinski definition) is 3. The number of para-hydroxylation sites is 2. The lowest BCUT2D eigenvalue weighted by Gasteiger charge is -2.22. The Morgan fingerprint density at radius 2 is 1.95 bits per heavy atom. The Balaban J connectivity index is 2.20. The lowest BCUT2D eigenvalue weighted by atomic mass is 10.2. The van der Waals surface area contributed by atoms with Crippen LogP contribution in [-0.4, -0.2) is 19.3 Å². The van der Waals surface area contributed by atoms with Gasteiger partial charge in [-0.3, -0.25) is 0 Å². The second-order valence-corrected chi connectivity index (χ2v) is 5.17. The van der Waals surface area contributed by atoms with Gasteiger partial charge in [0.2, 0.25) is 0 Å². The van der Waals surface area contributed by atoms with Crippen molar-refractivity contribution in [2.75, 3.05) is 19.1 Å². The number of ether oxygens (including phenoxy) is 1. The van der Waals surface area contributed by atoms with E-state index < -0.39 is 0 Å². The fourth-order valence-electron chi connectivity index (χ4n) is 1.95. The van der Waals surface area contributed by atoms with Crippen LogP contribution in [0.1, 0.15) is 5.56 Å². The van der Waals surface area contributed by atoms with Crippen molar-refractivity contribution in [2.45, 2.75) is 6.54 Å². The Morgan fingerprint density at radius 3 is 2.63 bits per heavy atom. The molecule has 3 nitrogen and oxygen atoms in total. The molecular weight excluding hydrogens is 306 g/mol. The maximum Gasteiger partial charge on any atom is 0.142 e. The van der Waals surface area contributed by atoms with Gasteiger partial charge in [-0.2, -0.15) is 0 Å². The highest BCUT2D eigenvalue weighted by molar-refractivity contribution is 9.10. The molecule has 0 unspecified atom stereocenters. The molecule has 100 valence electrons. The molecule has 0 aliphatic rings. The van der Waals surface area contributed by atoms with E-state index in [0.29, 0.717) is 4.47 Å². The lowest BCUT2D eigenvalue weighted by molar-refractivity contribution is 0.415. The number of hydrogen-bond donors (Lipinski definition) is 1. The molecular formula is C15H16BrNO2. The van der Waals surface area contributed by atoms with Crippen molar-refractivity contribution in [1.29, 1.82) is 0 Å². The van der Waals surface area contributed by atoms with Gasteiger partial charge in [0.25, 0.3) is 0 Å². The molecule has 0 aliphatic heterocycles. The van der Waals surface area contributed by atoms with E-state index in [2.05, 4.69) is 20.8 Å². The van der Waals surface area contributed by atoms with Crippen LogP contribution in [-0.2, 0) is 6.54 Å². The Morgan fingerprint density at radius 1 is 1.21 bits per heavy atom. The summed E-state index contributed by atoms with van der Waals surface area (Å²) < 4.78 is 6.06. The first kappa shape index (κ1) is 13.7. The van der Waals surface area contributed by atoms with Crippen molar-refractivity contribution in [2.24, 2.45) is 0 Å². The highest BCUT2D eigenvalue weighted by Gasteiger charge is 2.08. The van der Waals surface area contributed by atoms with Crippen LogP contribution in [0.15, 0.2) is 46.9 Å². The van der Waals surface area contributed by atoms with E-state index in [1.165, 1.54) is 0 Å². The minimum absolute atomic E-state index is 0.253. The topological polar surface area (TPSA) is 32.7 Å².